The monoisotopic (exact) mass is 379 g/mol. The molecule has 0 atom stereocenters. The Labute approximate surface area is 155 Å². The number of aryl methyl sites for hydroxylation is 1. The topological polar surface area (TPSA) is 73.9 Å². The average Bonchev–Trinajstić information content (AvgIpc) is 2.63. The van der Waals surface area contributed by atoms with E-state index in [1.54, 1.807) is 19.1 Å². The zero-order valence-electron chi connectivity index (χ0n) is 15.3. The van der Waals surface area contributed by atoms with Crippen LogP contribution in [-0.4, -0.2) is 32.7 Å². The summed E-state index contributed by atoms with van der Waals surface area (Å²) < 4.78 is 39.4. The van der Waals surface area contributed by atoms with Gasteiger partial charge in [0.25, 0.3) is 5.91 Å². The fourth-order valence-corrected chi connectivity index (χ4v) is 2.48. The molecule has 0 bridgehead atoms. The number of methoxy groups -OCH3 is 2. The number of alkyl halides is 2. The molecule has 27 heavy (non-hydrogen) atoms. The van der Waals surface area contributed by atoms with Gasteiger partial charge in [0.05, 0.1) is 25.5 Å². The number of hydrogen-bond donors (Lipinski definition) is 1. The highest BCUT2D eigenvalue weighted by Gasteiger charge is 2.22. The first-order valence-electron chi connectivity index (χ1n) is 7.91. The maximum Gasteiger partial charge on any atom is 0.387 e. The molecule has 144 valence electrons. The molecule has 0 spiro atoms. The smallest absolute Gasteiger partial charge is 0.387 e. The van der Waals surface area contributed by atoms with Crippen LogP contribution in [0.5, 0.6) is 11.5 Å². The molecule has 0 heterocycles. The third-order valence-corrected chi connectivity index (χ3v) is 4.02. The van der Waals surface area contributed by atoms with Crippen molar-refractivity contribution in [3.8, 4) is 11.5 Å². The molecular weight excluding hydrogens is 360 g/mol. The van der Waals surface area contributed by atoms with Crippen LogP contribution < -0.4 is 14.8 Å². The van der Waals surface area contributed by atoms with Gasteiger partial charge in [-0.1, -0.05) is 12.1 Å². The van der Waals surface area contributed by atoms with Gasteiger partial charge in [0.15, 0.2) is 11.5 Å². The molecule has 0 fully saturated rings. The van der Waals surface area contributed by atoms with Crippen LogP contribution in [0.3, 0.4) is 0 Å². The predicted octanol–water partition coefficient (Wildman–Crippen LogP) is 3.95. The first-order valence-corrected chi connectivity index (χ1v) is 7.91. The van der Waals surface area contributed by atoms with Gasteiger partial charge in [-0.05, 0) is 31.0 Å². The van der Waals surface area contributed by atoms with Crippen molar-refractivity contribution in [1.29, 1.82) is 0 Å². The van der Waals surface area contributed by atoms with E-state index in [-0.39, 0.29) is 22.7 Å². The standard InChI is InChI=1S/C19H19F2NO5/c1-10-6-5-7-12(11(10)2)17(23)22-14-9-16(27-19(20)21)15(25-3)8-13(14)18(24)26-4/h5-9,19H,1-4H3,(H,22,23). The van der Waals surface area contributed by atoms with E-state index in [1.807, 2.05) is 13.0 Å². The molecule has 0 radical (unpaired) electrons. The highest BCUT2D eigenvalue weighted by molar-refractivity contribution is 6.09. The Morgan fingerprint density at radius 1 is 1.04 bits per heavy atom. The van der Waals surface area contributed by atoms with E-state index >= 15 is 0 Å². The molecule has 8 heteroatoms. The first-order chi connectivity index (χ1) is 12.8. The predicted molar refractivity (Wildman–Crippen MR) is 94.8 cm³/mol. The Kier molecular flexibility index (Phi) is 6.33. The number of ether oxygens (including phenoxy) is 3. The highest BCUT2D eigenvalue weighted by Crippen LogP contribution is 2.35. The normalized spacial score (nSPS) is 10.5. The van der Waals surface area contributed by atoms with Gasteiger partial charge in [-0.25, -0.2) is 4.79 Å². The van der Waals surface area contributed by atoms with Gasteiger partial charge in [-0.3, -0.25) is 4.79 Å². The van der Waals surface area contributed by atoms with Gasteiger partial charge < -0.3 is 19.5 Å². The van der Waals surface area contributed by atoms with Crippen LogP contribution in [0.15, 0.2) is 30.3 Å². The van der Waals surface area contributed by atoms with E-state index in [4.69, 9.17) is 9.47 Å². The van der Waals surface area contributed by atoms with E-state index in [0.29, 0.717) is 5.56 Å². The van der Waals surface area contributed by atoms with Gasteiger partial charge in [-0.15, -0.1) is 0 Å². The van der Waals surface area contributed by atoms with E-state index in [1.165, 1.54) is 13.2 Å². The van der Waals surface area contributed by atoms with Crippen molar-refractivity contribution in [2.45, 2.75) is 20.5 Å². The second-order valence-electron chi connectivity index (χ2n) is 5.62. The van der Waals surface area contributed by atoms with Crippen molar-refractivity contribution in [2.24, 2.45) is 0 Å². The molecule has 1 amide bonds. The van der Waals surface area contributed by atoms with Crippen molar-refractivity contribution in [3.05, 3.63) is 52.6 Å². The summed E-state index contributed by atoms with van der Waals surface area (Å²) in [5.41, 5.74) is 1.95. The Bertz CT molecular complexity index is 867. The van der Waals surface area contributed by atoms with Gasteiger partial charge >= 0.3 is 12.6 Å². The molecule has 0 aliphatic carbocycles. The molecule has 1 N–H and O–H groups in total. The zero-order chi connectivity index (χ0) is 20.1. The molecule has 0 aliphatic heterocycles. The minimum atomic E-state index is -3.11. The third kappa shape index (κ3) is 4.52. The third-order valence-electron chi connectivity index (χ3n) is 4.02. The van der Waals surface area contributed by atoms with Gasteiger partial charge in [-0.2, -0.15) is 8.78 Å². The van der Waals surface area contributed by atoms with E-state index in [2.05, 4.69) is 10.1 Å². The average molecular weight is 379 g/mol. The maximum atomic E-state index is 12.7. The van der Waals surface area contributed by atoms with Crippen LogP contribution in [0, 0.1) is 13.8 Å². The molecule has 0 saturated carbocycles. The fraction of sp³-hybridized carbons (Fsp3) is 0.263. The fourth-order valence-electron chi connectivity index (χ4n) is 2.48. The molecule has 2 rings (SSSR count). The summed E-state index contributed by atoms with van der Waals surface area (Å²) in [4.78, 5) is 24.7. The van der Waals surface area contributed by atoms with Crippen LogP contribution in [-0.2, 0) is 4.74 Å². The summed E-state index contributed by atoms with van der Waals surface area (Å²) in [5, 5.41) is 2.55. The van der Waals surface area contributed by atoms with Crippen molar-refractivity contribution >= 4 is 17.6 Å². The molecule has 0 aromatic heterocycles. The summed E-state index contributed by atoms with van der Waals surface area (Å²) in [5.74, 6) is -1.69. The van der Waals surface area contributed by atoms with Crippen LogP contribution in [0.2, 0.25) is 0 Å². The largest absolute Gasteiger partial charge is 0.493 e. The highest BCUT2D eigenvalue weighted by atomic mass is 19.3. The number of halogens is 2. The quantitative estimate of drug-likeness (QED) is 0.770. The van der Waals surface area contributed by atoms with Crippen molar-refractivity contribution < 1.29 is 32.6 Å². The van der Waals surface area contributed by atoms with Crippen molar-refractivity contribution in [2.75, 3.05) is 19.5 Å². The SMILES string of the molecule is COC(=O)c1cc(OC)c(OC(F)F)cc1NC(=O)c1cccc(C)c1C. The van der Waals surface area contributed by atoms with Crippen LogP contribution in [0.4, 0.5) is 14.5 Å². The van der Waals surface area contributed by atoms with Gasteiger partial charge in [0, 0.05) is 17.7 Å². The Hall–Kier alpha value is -3.16. The molecule has 0 aliphatic rings. The summed E-state index contributed by atoms with van der Waals surface area (Å²) in [7, 11) is 2.40. The first kappa shape index (κ1) is 20.2. The van der Waals surface area contributed by atoms with Gasteiger partial charge in [0.2, 0.25) is 0 Å². The van der Waals surface area contributed by atoms with Gasteiger partial charge in [0.1, 0.15) is 0 Å². The number of carbonyl (C=O) groups is 2. The molecule has 0 unspecified atom stereocenters. The lowest BCUT2D eigenvalue weighted by molar-refractivity contribution is -0.0511. The number of benzene rings is 2. The summed E-state index contributed by atoms with van der Waals surface area (Å²) in [6, 6.07) is 7.46. The number of esters is 1. The summed E-state index contributed by atoms with van der Waals surface area (Å²) in [6.45, 7) is 0.532. The Morgan fingerprint density at radius 2 is 1.74 bits per heavy atom. The Morgan fingerprint density at radius 3 is 2.33 bits per heavy atom. The minimum Gasteiger partial charge on any atom is -0.493 e. The summed E-state index contributed by atoms with van der Waals surface area (Å²) >= 11 is 0. The minimum absolute atomic E-state index is 0.0378. The molecule has 6 nitrogen and oxygen atoms in total. The molecular formula is C19H19F2NO5. The molecule has 2 aromatic rings. The number of carbonyl (C=O) groups excluding carboxylic acids is 2. The number of hydrogen-bond acceptors (Lipinski definition) is 5. The van der Waals surface area contributed by atoms with Crippen molar-refractivity contribution in [3.63, 3.8) is 0 Å². The van der Waals surface area contributed by atoms with E-state index in [0.717, 1.165) is 24.3 Å². The van der Waals surface area contributed by atoms with Crippen molar-refractivity contribution in [1.82, 2.24) is 0 Å². The van der Waals surface area contributed by atoms with E-state index in [9.17, 15) is 18.4 Å². The van der Waals surface area contributed by atoms with Crippen LogP contribution in [0.1, 0.15) is 31.8 Å². The second-order valence-corrected chi connectivity index (χ2v) is 5.62. The lowest BCUT2D eigenvalue weighted by Crippen LogP contribution is -2.17. The van der Waals surface area contributed by atoms with Crippen LogP contribution >= 0.6 is 0 Å². The van der Waals surface area contributed by atoms with E-state index < -0.39 is 18.5 Å². The lowest BCUT2D eigenvalue weighted by Gasteiger charge is -2.16. The maximum absolute atomic E-state index is 12.7. The molecule has 2 aromatic carbocycles. The number of rotatable bonds is 6. The van der Waals surface area contributed by atoms with Crippen LogP contribution in [0.25, 0.3) is 0 Å². The Balaban J connectivity index is 2.50. The lowest BCUT2D eigenvalue weighted by atomic mass is 10.0. The summed E-state index contributed by atoms with van der Waals surface area (Å²) in [6.07, 6.45) is 0. The second kappa shape index (κ2) is 8.48. The number of amides is 1. The number of nitrogens with one attached hydrogen (secondary N) is 1. The zero-order valence-corrected chi connectivity index (χ0v) is 15.3. The molecule has 0 saturated heterocycles. The number of anilines is 1.